The topological polar surface area (TPSA) is 55.2 Å². The van der Waals surface area contributed by atoms with Crippen molar-refractivity contribution in [3.8, 4) is 0 Å². The monoisotopic (exact) mass is 309 g/mol. The molecule has 5 heteroatoms. The molecule has 118 valence electrons. The van der Waals surface area contributed by atoms with Crippen molar-refractivity contribution >= 4 is 11.8 Å². The van der Waals surface area contributed by atoms with Gasteiger partial charge in [0.2, 0.25) is 0 Å². The van der Waals surface area contributed by atoms with Crippen molar-refractivity contribution in [2.75, 3.05) is 0 Å². The second-order valence-corrected chi connectivity index (χ2v) is 6.33. The minimum atomic E-state index is -0.206. The first-order chi connectivity index (χ1) is 11.3. The van der Waals surface area contributed by atoms with E-state index in [1.54, 1.807) is 30.5 Å². The van der Waals surface area contributed by atoms with E-state index in [0.29, 0.717) is 23.7 Å². The molecule has 0 saturated heterocycles. The second-order valence-electron chi connectivity index (χ2n) is 6.33. The summed E-state index contributed by atoms with van der Waals surface area (Å²) >= 11 is 0. The molecule has 5 nitrogen and oxygen atoms in total. The Morgan fingerprint density at radius 2 is 1.65 bits per heavy atom. The number of aromatic nitrogens is 2. The summed E-state index contributed by atoms with van der Waals surface area (Å²) in [5.41, 5.74) is 1.94. The number of nitrogens with zero attached hydrogens (tertiary/aromatic N) is 3. The summed E-state index contributed by atoms with van der Waals surface area (Å²) in [6.45, 7) is 0.294. The van der Waals surface area contributed by atoms with Crippen LogP contribution < -0.4 is 0 Å². The number of amides is 2. The third-order valence-corrected chi connectivity index (χ3v) is 4.91. The summed E-state index contributed by atoms with van der Waals surface area (Å²) in [6.07, 6.45) is 9.65. The summed E-state index contributed by atoms with van der Waals surface area (Å²) in [4.78, 5) is 30.6. The van der Waals surface area contributed by atoms with Crippen molar-refractivity contribution in [1.29, 1.82) is 0 Å². The average Bonchev–Trinajstić information content (AvgIpc) is 3.15. The predicted octanol–water partition coefficient (Wildman–Crippen LogP) is 3.18. The van der Waals surface area contributed by atoms with Crippen LogP contribution in [0.5, 0.6) is 0 Å². The van der Waals surface area contributed by atoms with Gasteiger partial charge < -0.3 is 4.57 Å². The predicted molar refractivity (Wildman–Crippen MR) is 85.0 cm³/mol. The number of benzene rings is 1. The van der Waals surface area contributed by atoms with Crippen LogP contribution in [0.1, 0.15) is 64.6 Å². The molecule has 0 atom stereocenters. The quantitative estimate of drug-likeness (QED) is 0.818. The SMILES string of the molecule is O=C1c2ccccc2C(=O)N1Cc1cncn1C1CCCCC1. The number of rotatable bonds is 3. The highest BCUT2D eigenvalue weighted by atomic mass is 16.2. The lowest BCUT2D eigenvalue weighted by atomic mass is 9.95. The lowest BCUT2D eigenvalue weighted by Crippen LogP contribution is -2.30. The maximum atomic E-state index is 12.5. The van der Waals surface area contributed by atoms with Gasteiger partial charge in [0.15, 0.2) is 0 Å². The van der Waals surface area contributed by atoms with E-state index in [0.717, 1.165) is 18.5 Å². The molecule has 2 heterocycles. The van der Waals surface area contributed by atoms with Crippen LogP contribution in [0.25, 0.3) is 0 Å². The molecule has 0 radical (unpaired) electrons. The van der Waals surface area contributed by atoms with E-state index in [9.17, 15) is 9.59 Å². The van der Waals surface area contributed by atoms with Crippen LogP contribution in [0.2, 0.25) is 0 Å². The lowest BCUT2D eigenvalue weighted by molar-refractivity contribution is 0.0637. The normalized spacial score (nSPS) is 18.5. The summed E-state index contributed by atoms with van der Waals surface area (Å²) in [7, 11) is 0. The molecule has 1 aliphatic heterocycles. The van der Waals surface area contributed by atoms with E-state index in [4.69, 9.17) is 0 Å². The first-order valence-electron chi connectivity index (χ1n) is 8.21. The van der Waals surface area contributed by atoms with Crippen molar-refractivity contribution in [3.05, 3.63) is 53.6 Å². The van der Waals surface area contributed by atoms with Crippen molar-refractivity contribution in [2.45, 2.75) is 44.7 Å². The van der Waals surface area contributed by atoms with Crippen molar-refractivity contribution in [1.82, 2.24) is 14.5 Å². The molecule has 0 bridgehead atoms. The number of imidazole rings is 1. The number of hydrogen-bond acceptors (Lipinski definition) is 3. The molecule has 2 amide bonds. The van der Waals surface area contributed by atoms with Gasteiger partial charge in [-0.1, -0.05) is 31.4 Å². The highest BCUT2D eigenvalue weighted by molar-refractivity contribution is 6.21. The second kappa shape index (κ2) is 5.65. The first-order valence-corrected chi connectivity index (χ1v) is 8.21. The third kappa shape index (κ3) is 2.36. The molecule has 0 unspecified atom stereocenters. The largest absolute Gasteiger partial charge is 0.330 e. The van der Waals surface area contributed by atoms with Crippen LogP contribution in [0.3, 0.4) is 0 Å². The van der Waals surface area contributed by atoms with Gasteiger partial charge in [0, 0.05) is 12.2 Å². The van der Waals surface area contributed by atoms with Crippen molar-refractivity contribution in [2.24, 2.45) is 0 Å². The van der Waals surface area contributed by atoms with Gasteiger partial charge in [0.05, 0.1) is 29.7 Å². The average molecular weight is 309 g/mol. The zero-order chi connectivity index (χ0) is 15.8. The van der Waals surface area contributed by atoms with Gasteiger partial charge in [-0.25, -0.2) is 4.98 Å². The molecular formula is C18H19N3O2. The number of carbonyl (C=O) groups is 2. The zero-order valence-electron chi connectivity index (χ0n) is 12.9. The molecular weight excluding hydrogens is 290 g/mol. The van der Waals surface area contributed by atoms with Crippen LogP contribution in [0.4, 0.5) is 0 Å². The summed E-state index contributed by atoms with van der Waals surface area (Å²) < 4.78 is 2.16. The van der Waals surface area contributed by atoms with Gasteiger partial charge in [0.1, 0.15) is 0 Å². The summed E-state index contributed by atoms with van der Waals surface area (Å²) in [5.74, 6) is -0.413. The molecule has 1 aromatic heterocycles. The van der Waals surface area contributed by atoms with E-state index in [-0.39, 0.29) is 11.8 Å². The summed E-state index contributed by atoms with van der Waals surface area (Å²) in [6, 6.07) is 7.46. The minimum absolute atomic E-state index is 0.206. The van der Waals surface area contributed by atoms with Crippen LogP contribution in [-0.4, -0.2) is 26.3 Å². The Morgan fingerprint density at radius 1 is 1.00 bits per heavy atom. The maximum absolute atomic E-state index is 12.5. The Labute approximate surface area is 134 Å². The molecule has 0 N–H and O–H groups in total. The van der Waals surface area contributed by atoms with Crippen LogP contribution in [0.15, 0.2) is 36.8 Å². The van der Waals surface area contributed by atoms with Crippen molar-refractivity contribution in [3.63, 3.8) is 0 Å². The zero-order valence-corrected chi connectivity index (χ0v) is 12.9. The van der Waals surface area contributed by atoms with E-state index in [2.05, 4.69) is 9.55 Å². The summed E-state index contributed by atoms with van der Waals surface area (Å²) in [5, 5.41) is 0. The van der Waals surface area contributed by atoms with Crippen LogP contribution in [-0.2, 0) is 6.54 Å². The van der Waals surface area contributed by atoms with Gasteiger partial charge in [-0.3, -0.25) is 14.5 Å². The van der Waals surface area contributed by atoms with Gasteiger partial charge in [0.25, 0.3) is 11.8 Å². The highest BCUT2D eigenvalue weighted by Gasteiger charge is 2.35. The smallest absolute Gasteiger partial charge is 0.261 e. The van der Waals surface area contributed by atoms with Gasteiger partial charge in [-0.15, -0.1) is 0 Å². The Kier molecular flexibility index (Phi) is 3.48. The van der Waals surface area contributed by atoms with E-state index < -0.39 is 0 Å². The van der Waals surface area contributed by atoms with Gasteiger partial charge in [-0.2, -0.15) is 0 Å². The number of fused-ring (bicyclic) bond motifs is 1. The fraction of sp³-hybridized carbons (Fsp3) is 0.389. The molecule has 1 aliphatic carbocycles. The standard InChI is InChI=1S/C18H19N3O2/c22-17-15-8-4-5-9-16(15)18(23)20(17)11-14-10-19-12-21(14)13-6-2-1-3-7-13/h4-5,8-10,12-13H,1-3,6-7,11H2. The van der Waals surface area contributed by atoms with E-state index in [1.807, 2.05) is 6.33 Å². The Hall–Kier alpha value is -2.43. The number of imide groups is 1. The number of hydrogen-bond donors (Lipinski definition) is 0. The molecule has 2 aliphatic rings. The lowest BCUT2D eigenvalue weighted by Gasteiger charge is -2.25. The van der Waals surface area contributed by atoms with Gasteiger partial charge >= 0.3 is 0 Å². The van der Waals surface area contributed by atoms with Crippen LogP contribution >= 0.6 is 0 Å². The molecule has 1 aromatic carbocycles. The molecule has 2 aromatic rings. The van der Waals surface area contributed by atoms with Crippen LogP contribution in [0, 0.1) is 0 Å². The number of carbonyl (C=O) groups excluding carboxylic acids is 2. The Bertz CT molecular complexity index is 724. The molecule has 23 heavy (non-hydrogen) atoms. The Morgan fingerprint density at radius 3 is 2.30 bits per heavy atom. The molecule has 1 fully saturated rings. The van der Waals surface area contributed by atoms with E-state index in [1.165, 1.54) is 24.2 Å². The van der Waals surface area contributed by atoms with Crippen molar-refractivity contribution < 1.29 is 9.59 Å². The molecule has 0 spiro atoms. The molecule has 1 saturated carbocycles. The molecule has 4 rings (SSSR count). The highest BCUT2D eigenvalue weighted by Crippen LogP contribution is 2.30. The fourth-order valence-electron chi connectivity index (χ4n) is 3.69. The van der Waals surface area contributed by atoms with E-state index >= 15 is 0 Å². The fourth-order valence-corrected chi connectivity index (χ4v) is 3.69. The first kappa shape index (κ1) is 14.2. The Balaban J connectivity index is 1.59. The third-order valence-electron chi connectivity index (χ3n) is 4.91. The maximum Gasteiger partial charge on any atom is 0.261 e. The minimum Gasteiger partial charge on any atom is -0.330 e. The van der Waals surface area contributed by atoms with Gasteiger partial charge in [-0.05, 0) is 25.0 Å².